The molecule has 6 heteroatoms. The highest BCUT2D eigenvalue weighted by atomic mass is 19.1. The van der Waals surface area contributed by atoms with Crippen molar-refractivity contribution in [2.24, 2.45) is 0 Å². The summed E-state index contributed by atoms with van der Waals surface area (Å²) in [5, 5.41) is 3.34. The third-order valence-electron chi connectivity index (χ3n) is 3.56. The molecule has 0 spiro atoms. The van der Waals surface area contributed by atoms with Gasteiger partial charge in [0.25, 0.3) is 0 Å². The van der Waals surface area contributed by atoms with E-state index in [-0.39, 0.29) is 11.7 Å². The van der Waals surface area contributed by atoms with Crippen LogP contribution in [0.1, 0.15) is 12.2 Å². The number of nitrogens with zero attached hydrogens (tertiary/aromatic N) is 2. The highest BCUT2D eigenvalue weighted by Gasteiger charge is 2.26. The van der Waals surface area contributed by atoms with Crippen molar-refractivity contribution in [3.05, 3.63) is 48.1 Å². The lowest BCUT2D eigenvalue weighted by Crippen LogP contribution is -2.32. The second-order valence-electron chi connectivity index (χ2n) is 4.92. The Kier molecular flexibility index (Phi) is 3.64. The molecule has 0 amide bonds. The van der Waals surface area contributed by atoms with Crippen molar-refractivity contribution >= 4 is 5.69 Å². The average Bonchev–Trinajstić information content (AvgIpc) is 3.07. The summed E-state index contributed by atoms with van der Waals surface area (Å²) < 4.78 is 27.4. The molecule has 0 aliphatic carbocycles. The van der Waals surface area contributed by atoms with Gasteiger partial charge in [0, 0.05) is 31.5 Å². The maximum atomic E-state index is 13.7. The van der Waals surface area contributed by atoms with Crippen LogP contribution in [0.15, 0.2) is 30.6 Å². The van der Waals surface area contributed by atoms with Gasteiger partial charge in [-0.3, -0.25) is 0 Å². The van der Waals surface area contributed by atoms with Gasteiger partial charge in [-0.2, -0.15) is 0 Å². The van der Waals surface area contributed by atoms with E-state index in [2.05, 4.69) is 15.3 Å². The number of benzene rings is 1. The predicted octanol–water partition coefficient (Wildman–Crippen LogP) is 2.06. The third kappa shape index (κ3) is 2.65. The zero-order chi connectivity index (χ0) is 13.9. The summed E-state index contributed by atoms with van der Waals surface area (Å²) in [5.74, 6) is -0.145. The molecule has 1 aromatic carbocycles. The monoisotopic (exact) mass is 278 g/mol. The van der Waals surface area contributed by atoms with Crippen LogP contribution in [0.3, 0.4) is 0 Å². The van der Waals surface area contributed by atoms with Crippen LogP contribution in [0, 0.1) is 11.6 Å². The number of nitrogens with one attached hydrogen (secondary N) is 2. The molecule has 0 radical (unpaired) electrons. The highest BCUT2D eigenvalue weighted by Crippen LogP contribution is 2.26. The summed E-state index contributed by atoms with van der Waals surface area (Å²) in [6.07, 6.45) is 4.33. The average molecular weight is 278 g/mol. The van der Waals surface area contributed by atoms with Crippen molar-refractivity contribution in [2.45, 2.75) is 19.0 Å². The molecule has 20 heavy (non-hydrogen) atoms. The Labute approximate surface area is 115 Å². The van der Waals surface area contributed by atoms with Crippen LogP contribution >= 0.6 is 0 Å². The number of rotatable bonds is 4. The van der Waals surface area contributed by atoms with E-state index < -0.39 is 11.6 Å². The van der Waals surface area contributed by atoms with Gasteiger partial charge in [0.1, 0.15) is 23.1 Å². The van der Waals surface area contributed by atoms with E-state index in [4.69, 9.17) is 0 Å². The quantitative estimate of drug-likeness (QED) is 0.899. The molecule has 2 N–H and O–H groups in total. The number of imidazole rings is 1. The molecule has 1 atom stereocenters. The van der Waals surface area contributed by atoms with Gasteiger partial charge < -0.3 is 15.2 Å². The fourth-order valence-electron chi connectivity index (χ4n) is 2.56. The maximum absolute atomic E-state index is 13.7. The minimum Gasteiger partial charge on any atom is -0.365 e. The van der Waals surface area contributed by atoms with Crippen LogP contribution in [-0.2, 0) is 6.54 Å². The van der Waals surface area contributed by atoms with Gasteiger partial charge in [0.15, 0.2) is 0 Å². The SMILES string of the molecule is Fc1cccc(F)c1N1CC[C@@H](NCc2ncc[nH]2)C1. The van der Waals surface area contributed by atoms with Crippen LogP contribution in [-0.4, -0.2) is 29.1 Å². The summed E-state index contributed by atoms with van der Waals surface area (Å²) in [4.78, 5) is 8.90. The first kappa shape index (κ1) is 13.1. The molecular formula is C14H16F2N4. The van der Waals surface area contributed by atoms with Gasteiger partial charge in [0.2, 0.25) is 0 Å². The van der Waals surface area contributed by atoms with E-state index in [1.807, 2.05) is 0 Å². The Morgan fingerprint density at radius 3 is 2.85 bits per heavy atom. The number of hydrogen-bond donors (Lipinski definition) is 2. The van der Waals surface area contributed by atoms with Crippen molar-refractivity contribution in [2.75, 3.05) is 18.0 Å². The molecule has 1 fully saturated rings. The lowest BCUT2D eigenvalue weighted by Gasteiger charge is -2.20. The standard InChI is InChI=1S/C14H16F2N4/c15-11-2-1-3-12(16)14(11)20-7-4-10(9-20)19-8-13-17-5-6-18-13/h1-3,5-6,10,19H,4,7-9H2,(H,17,18)/t10-/m1/s1. The minimum atomic E-state index is -0.503. The summed E-state index contributed by atoms with van der Waals surface area (Å²) >= 11 is 0. The number of H-pyrrole nitrogens is 1. The van der Waals surface area contributed by atoms with Crippen molar-refractivity contribution < 1.29 is 8.78 Å². The van der Waals surface area contributed by atoms with Gasteiger partial charge >= 0.3 is 0 Å². The fourth-order valence-corrected chi connectivity index (χ4v) is 2.56. The van der Waals surface area contributed by atoms with Crippen molar-refractivity contribution in [1.82, 2.24) is 15.3 Å². The fraction of sp³-hybridized carbons (Fsp3) is 0.357. The first-order valence-corrected chi connectivity index (χ1v) is 6.64. The molecule has 1 aliphatic rings. The summed E-state index contributed by atoms with van der Waals surface area (Å²) in [7, 11) is 0. The zero-order valence-electron chi connectivity index (χ0n) is 10.9. The van der Waals surface area contributed by atoms with Crippen LogP contribution in [0.4, 0.5) is 14.5 Å². The number of aromatic nitrogens is 2. The first-order valence-electron chi connectivity index (χ1n) is 6.64. The van der Waals surface area contributed by atoms with Crippen molar-refractivity contribution in [1.29, 1.82) is 0 Å². The lowest BCUT2D eigenvalue weighted by molar-refractivity contribution is 0.537. The van der Waals surface area contributed by atoms with Crippen LogP contribution in [0.25, 0.3) is 0 Å². The van der Waals surface area contributed by atoms with Gasteiger partial charge in [0.05, 0.1) is 6.54 Å². The Morgan fingerprint density at radius 1 is 1.35 bits per heavy atom. The van der Waals surface area contributed by atoms with E-state index in [1.165, 1.54) is 18.2 Å². The van der Waals surface area contributed by atoms with Crippen LogP contribution in [0.5, 0.6) is 0 Å². The molecule has 0 bridgehead atoms. The topological polar surface area (TPSA) is 44.0 Å². The smallest absolute Gasteiger partial charge is 0.149 e. The third-order valence-corrected chi connectivity index (χ3v) is 3.56. The van der Waals surface area contributed by atoms with Gasteiger partial charge in [-0.1, -0.05) is 6.07 Å². The van der Waals surface area contributed by atoms with E-state index >= 15 is 0 Å². The normalized spacial score (nSPS) is 18.7. The highest BCUT2D eigenvalue weighted by molar-refractivity contribution is 5.50. The maximum Gasteiger partial charge on any atom is 0.149 e. The summed E-state index contributed by atoms with van der Waals surface area (Å²) in [6.45, 7) is 1.87. The van der Waals surface area contributed by atoms with Crippen LogP contribution < -0.4 is 10.2 Å². The summed E-state index contributed by atoms with van der Waals surface area (Å²) in [5.41, 5.74) is 0.0785. The Bertz CT molecular complexity index is 550. The predicted molar refractivity (Wildman–Crippen MR) is 72.4 cm³/mol. The van der Waals surface area contributed by atoms with Crippen LogP contribution in [0.2, 0.25) is 0 Å². The largest absolute Gasteiger partial charge is 0.365 e. The van der Waals surface area contributed by atoms with E-state index in [0.717, 1.165) is 12.2 Å². The molecule has 0 unspecified atom stereocenters. The first-order chi connectivity index (χ1) is 9.74. The Balaban J connectivity index is 1.62. The van der Waals surface area contributed by atoms with Crippen molar-refractivity contribution in [3.8, 4) is 0 Å². The molecule has 4 nitrogen and oxygen atoms in total. The number of para-hydroxylation sites is 1. The molecule has 0 saturated carbocycles. The van der Waals surface area contributed by atoms with E-state index in [9.17, 15) is 8.78 Å². The molecule has 106 valence electrons. The molecule has 2 aromatic rings. The summed E-state index contributed by atoms with van der Waals surface area (Å²) in [6, 6.07) is 4.18. The number of hydrogen-bond acceptors (Lipinski definition) is 3. The second-order valence-corrected chi connectivity index (χ2v) is 4.92. The molecule has 1 saturated heterocycles. The molecular weight excluding hydrogens is 262 g/mol. The van der Waals surface area contributed by atoms with Gasteiger partial charge in [-0.05, 0) is 18.6 Å². The zero-order valence-corrected chi connectivity index (χ0v) is 10.9. The van der Waals surface area contributed by atoms with E-state index in [0.29, 0.717) is 19.6 Å². The van der Waals surface area contributed by atoms with Gasteiger partial charge in [-0.25, -0.2) is 13.8 Å². The lowest BCUT2D eigenvalue weighted by atomic mass is 10.2. The molecule has 1 aliphatic heterocycles. The number of halogens is 2. The Hall–Kier alpha value is -1.95. The van der Waals surface area contributed by atoms with Gasteiger partial charge in [-0.15, -0.1) is 0 Å². The second kappa shape index (κ2) is 5.58. The van der Waals surface area contributed by atoms with Crippen molar-refractivity contribution in [3.63, 3.8) is 0 Å². The molecule has 2 heterocycles. The molecule has 1 aromatic heterocycles. The molecule has 3 rings (SSSR count). The number of aromatic amines is 1. The van der Waals surface area contributed by atoms with E-state index in [1.54, 1.807) is 17.3 Å². The Morgan fingerprint density at radius 2 is 2.15 bits per heavy atom. The minimum absolute atomic E-state index is 0.0785. The number of anilines is 1.